The van der Waals surface area contributed by atoms with Crippen LogP contribution in [0, 0.1) is 5.82 Å². The van der Waals surface area contributed by atoms with Crippen molar-refractivity contribution in [3.05, 3.63) is 71.3 Å². The molecular weight excluding hydrogens is 421 g/mol. The van der Waals surface area contributed by atoms with Crippen molar-refractivity contribution in [2.24, 2.45) is 0 Å². The number of benzene rings is 2. The molecule has 31 heavy (non-hydrogen) atoms. The van der Waals surface area contributed by atoms with E-state index >= 15 is 0 Å². The maximum atomic E-state index is 13.7. The fraction of sp³-hybridized carbons (Fsp3) is 0.174. The number of fused-ring (bicyclic) bond motifs is 3. The van der Waals surface area contributed by atoms with Gasteiger partial charge in [0.1, 0.15) is 18.1 Å². The summed E-state index contributed by atoms with van der Waals surface area (Å²) >= 11 is 5.70. The van der Waals surface area contributed by atoms with Crippen molar-refractivity contribution in [3.8, 4) is 16.9 Å². The summed E-state index contributed by atoms with van der Waals surface area (Å²) in [5.74, 6) is -1.40. The Kier molecular flexibility index (Phi) is 5.61. The van der Waals surface area contributed by atoms with Crippen molar-refractivity contribution in [1.29, 1.82) is 0 Å². The van der Waals surface area contributed by atoms with Gasteiger partial charge in [-0.25, -0.2) is 4.39 Å². The van der Waals surface area contributed by atoms with E-state index in [1.807, 2.05) is 18.2 Å². The Balaban J connectivity index is 1.72. The highest BCUT2D eigenvalue weighted by Gasteiger charge is 2.33. The zero-order valence-corrected chi connectivity index (χ0v) is 17.6. The SMILES string of the molecule is COc1ccc2c(c1)N(CC(=O)Nc1ccc(Cl)c(F)c1)C(=O)C(C)c1ncccc1-2. The van der Waals surface area contributed by atoms with E-state index in [0.29, 0.717) is 17.1 Å². The van der Waals surface area contributed by atoms with Gasteiger partial charge in [-0.1, -0.05) is 17.7 Å². The summed E-state index contributed by atoms with van der Waals surface area (Å²) in [5, 5.41) is 2.57. The highest BCUT2D eigenvalue weighted by atomic mass is 35.5. The van der Waals surface area contributed by atoms with Crippen molar-refractivity contribution in [2.45, 2.75) is 12.8 Å². The first kappa shape index (κ1) is 20.8. The number of hydrogen-bond donors (Lipinski definition) is 1. The first-order valence-corrected chi connectivity index (χ1v) is 9.96. The third-order valence-electron chi connectivity index (χ3n) is 5.18. The smallest absolute Gasteiger partial charge is 0.244 e. The molecule has 0 bridgehead atoms. The number of pyridine rings is 1. The molecular formula is C23H19ClFN3O3. The average molecular weight is 440 g/mol. The summed E-state index contributed by atoms with van der Waals surface area (Å²) in [4.78, 5) is 31.9. The van der Waals surface area contributed by atoms with Crippen molar-refractivity contribution >= 4 is 34.8 Å². The van der Waals surface area contributed by atoms with Gasteiger partial charge in [-0.3, -0.25) is 14.6 Å². The third-order valence-corrected chi connectivity index (χ3v) is 5.48. The number of carbonyl (C=O) groups excluding carboxylic acids is 2. The predicted molar refractivity (Wildman–Crippen MR) is 117 cm³/mol. The Morgan fingerprint density at radius 3 is 2.77 bits per heavy atom. The number of halogens is 2. The summed E-state index contributed by atoms with van der Waals surface area (Å²) in [6.07, 6.45) is 1.64. The standard InChI is InChI=1S/C23H19ClFN3O3/c1-13-22-17(4-3-9-26-22)16-7-6-15(31-2)11-20(16)28(23(13)30)12-21(29)27-14-5-8-18(24)19(25)10-14/h3-11,13H,12H2,1-2H3,(H,27,29). The molecule has 2 amide bonds. The van der Waals surface area contributed by atoms with Gasteiger partial charge >= 0.3 is 0 Å². The molecule has 1 atom stereocenters. The topological polar surface area (TPSA) is 71.5 Å². The van der Waals surface area contributed by atoms with Crippen LogP contribution in [0.3, 0.4) is 0 Å². The van der Waals surface area contributed by atoms with E-state index in [9.17, 15) is 14.0 Å². The van der Waals surface area contributed by atoms with Crippen LogP contribution in [0.15, 0.2) is 54.7 Å². The van der Waals surface area contributed by atoms with Crippen LogP contribution in [0.25, 0.3) is 11.1 Å². The number of aromatic nitrogens is 1. The Morgan fingerprint density at radius 1 is 1.23 bits per heavy atom. The lowest BCUT2D eigenvalue weighted by Gasteiger charge is -2.24. The van der Waals surface area contributed by atoms with Gasteiger partial charge in [0.2, 0.25) is 11.8 Å². The van der Waals surface area contributed by atoms with Crippen LogP contribution in [0.4, 0.5) is 15.8 Å². The van der Waals surface area contributed by atoms with Crippen LogP contribution in [-0.2, 0) is 9.59 Å². The number of hydrogen-bond acceptors (Lipinski definition) is 4. The molecule has 6 nitrogen and oxygen atoms in total. The lowest BCUT2D eigenvalue weighted by molar-refractivity contribution is -0.122. The first-order valence-electron chi connectivity index (χ1n) is 9.58. The van der Waals surface area contributed by atoms with Crippen molar-refractivity contribution in [2.75, 3.05) is 23.9 Å². The van der Waals surface area contributed by atoms with Crippen LogP contribution in [0.2, 0.25) is 5.02 Å². The molecule has 0 fully saturated rings. The molecule has 158 valence electrons. The van der Waals surface area contributed by atoms with E-state index in [2.05, 4.69) is 10.3 Å². The Morgan fingerprint density at radius 2 is 2.03 bits per heavy atom. The van der Waals surface area contributed by atoms with Gasteiger partial charge in [0.05, 0.1) is 29.4 Å². The van der Waals surface area contributed by atoms with Crippen molar-refractivity contribution in [1.82, 2.24) is 4.98 Å². The zero-order valence-electron chi connectivity index (χ0n) is 16.9. The molecule has 2 aromatic carbocycles. The summed E-state index contributed by atoms with van der Waals surface area (Å²) in [6.45, 7) is 1.50. The number of nitrogens with zero attached hydrogens (tertiary/aromatic N) is 2. The first-order chi connectivity index (χ1) is 14.9. The largest absolute Gasteiger partial charge is 0.497 e. The molecule has 1 unspecified atom stereocenters. The number of ether oxygens (including phenoxy) is 1. The molecule has 3 aromatic rings. The summed E-state index contributed by atoms with van der Waals surface area (Å²) in [6, 6.07) is 13.0. The zero-order chi connectivity index (χ0) is 22.1. The summed E-state index contributed by atoms with van der Waals surface area (Å²) in [5.41, 5.74) is 3.02. The fourth-order valence-electron chi connectivity index (χ4n) is 3.63. The molecule has 0 aliphatic carbocycles. The highest BCUT2D eigenvalue weighted by Crippen LogP contribution is 2.41. The maximum absolute atomic E-state index is 13.7. The summed E-state index contributed by atoms with van der Waals surface area (Å²) in [7, 11) is 1.53. The van der Waals surface area contributed by atoms with Crippen LogP contribution < -0.4 is 15.0 Å². The van der Waals surface area contributed by atoms with Crippen LogP contribution in [-0.4, -0.2) is 30.5 Å². The van der Waals surface area contributed by atoms with Gasteiger partial charge in [0.15, 0.2) is 0 Å². The van der Waals surface area contributed by atoms with E-state index in [1.54, 1.807) is 25.3 Å². The normalized spacial score (nSPS) is 15.0. The summed E-state index contributed by atoms with van der Waals surface area (Å²) < 4.78 is 19.1. The molecule has 1 aliphatic heterocycles. The van der Waals surface area contributed by atoms with Crippen LogP contribution >= 0.6 is 11.6 Å². The van der Waals surface area contributed by atoms with Crippen LogP contribution in [0.5, 0.6) is 5.75 Å². The second kappa shape index (κ2) is 8.35. The Hall–Kier alpha value is -3.45. The highest BCUT2D eigenvalue weighted by molar-refractivity contribution is 6.30. The quantitative estimate of drug-likeness (QED) is 0.643. The average Bonchev–Trinajstić information content (AvgIpc) is 2.86. The minimum absolute atomic E-state index is 0.0409. The molecule has 1 N–H and O–H groups in total. The molecule has 0 saturated carbocycles. The monoisotopic (exact) mass is 439 g/mol. The van der Waals surface area contributed by atoms with Crippen molar-refractivity contribution < 1.29 is 18.7 Å². The molecule has 1 aliphatic rings. The van der Waals surface area contributed by atoms with Gasteiger partial charge in [-0.2, -0.15) is 0 Å². The second-order valence-electron chi connectivity index (χ2n) is 7.14. The lowest BCUT2D eigenvalue weighted by atomic mass is 9.97. The van der Waals surface area contributed by atoms with Gasteiger partial charge in [0.25, 0.3) is 0 Å². The lowest BCUT2D eigenvalue weighted by Crippen LogP contribution is -2.40. The van der Waals surface area contributed by atoms with E-state index < -0.39 is 17.6 Å². The number of anilines is 2. The molecule has 0 radical (unpaired) electrons. The number of carbonyl (C=O) groups is 2. The molecule has 0 saturated heterocycles. The Bertz CT molecular complexity index is 1180. The molecule has 2 heterocycles. The number of nitrogens with one attached hydrogen (secondary N) is 1. The molecule has 0 spiro atoms. The minimum Gasteiger partial charge on any atom is -0.497 e. The molecule has 4 rings (SSSR count). The third kappa shape index (κ3) is 3.96. The number of methoxy groups -OCH3 is 1. The van der Waals surface area contributed by atoms with E-state index in [1.165, 1.54) is 24.1 Å². The van der Waals surface area contributed by atoms with E-state index in [-0.39, 0.29) is 23.2 Å². The number of rotatable bonds is 4. The van der Waals surface area contributed by atoms with Gasteiger partial charge in [-0.05, 0) is 43.3 Å². The fourth-order valence-corrected chi connectivity index (χ4v) is 3.75. The van der Waals surface area contributed by atoms with E-state index in [0.717, 1.165) is 17.2 Å². The predicted octanol–water partition coefficient (Wildman–Crippen LogP) is 4.64. The maximum Gasteiger partial charge on any atom is 0.244 e. The van der Waals surface area contributed by atoms with Gasteiger partial charge in [0, 0.05) is 29.1 Å². The second-order valence-corrected chi connectivity index (χ2v) is 7.55. The minimum atomic E-state index is -0.643. The van der Waals surface area contributed by atoms with Crippen molar-refractivity contribution in [3.63, 3.8) is 0 Å². The van der Waals surface area contributed by atoms with E-state index in [4.69, 9.17) is 16.3 Å². The molecule has 1 aromatic heterocycles. The molecule has 8 heteroatoms. The Labute approximate surface area is 183 Å². The number of amides is 2. The van der Waals surface area contributed by atoms with Gasteiger partial charge in [-0.15, -0.1) is 0 Å². The van der Waals surface area contributed by atoms with Gasteiger partial charge < -0.3 is 15.0 Å². The van der Waals surface area contributed by atoms with Crippen LogP contribution in [0.1, 0.15) is 18.5 Å².